The van der Waals surface area contributed by atoms with Crippen LogP contribution in [0.25, 0.3) is 11.5 Å². The van der Waals surface area contributed by atoms with Gasteiger partial charge in [-0.05, 0) is 20.8 Å². The van der Waals surface area contributed by atoms with Crippen LogP contribution >= 0.6 is 11.6 Å². The van der Waals surface area contributed by atoms with Gasteiger partial charge in [-0.15, -0.1) is 10.2 Å². The second-order valence-electron chi connectivity index (χ2n) is 5.61. The summed E-state index contributed by atoms with van der Waals surface area (Å²) in [6, 6.07) is -0.716. The van der Waals surface area contributed by atoms with Crippen LogP contribution in [0.15, 0.2) is 10.6 Å². The molecule has 0 N–H and O–H groups in total. The highest BCUT2D eigenvalue weighted by atomic mass is 35.5. The van der Waals surface area contributed by atoms with Crippen molar-refractivity contribution < 1.29 is 17.6 Å². The number of alkyl halides is 3. The average molecular weight is 375 g/mol. The molecule has 7 nitrogen and oxygen atoms in total. The molecule has 0 radical (unpaired) electrons. The SMILES string of the molecule is Cc1nn(C)cc1-c1nnc(C(C)n2nc(C(F)(F)F)c(Cl)c2C)o1. The molecule has 0 aliphatic heterocycles. The lowest BCUT2D eigenvalue weighted by molar-refractivity contribution is -0.141. The van der Waals surface area contributed by atoms with E-state index in [9.17, 15) is 13.2 Å². The first kappa shape index (κ1) is 17.5. The van der Waals surface area contributed by atoms with Crippen molar-refractivity contribution in [3.8, 4) is 11.5 Å². The molecule has 0 saturated heterocycles. The van der Waals surface area contributed by atoms with E-state index in [-0.39, 0.29) is 17.5 Å². The Morgan fingerprint density at radius 1 is 1.20 bits per heavy atom. The monoisotopic (exact) mass is 374 g/mol. The molecule has 25 heavy (non-hydrogen) atoms. The van der Waals surface area contributed by atoms with Crippen LogP contribution in [0.3, 0.4) is 0 Å². The van der Waals surface area contributed by atoms with Gasteiger partial charge in [0.2, 0.25) is 5.89 Å². The third kappa shape index (κ3) is 3.01. The zero-order valence-corrected chi connectivity index (χ0v) is 14.5. The minimum absolute atomic E-state index is 0.120. The fourth-order valence-electron chi connectivity index (χ4n) is 2.48. The number of aryl methyl sites for hydroxylation is 2. The second kappa shape index (κ2) is 5.87. The number of hydrogen-bond acceptors (Lipinski definition) is 5. The number of halogens is 4. The van der Waals surface area contributed by atoms with Gasteiger partial charge in [0.25, 0.3) is 5.89 Å². The van der Waals surface area contributed by atoms with Crippen LogP contribution in [-0.4, -0.2) is 29.8 Å². The van der Waals surface area contributed by atoms with Gasteiger partial charge < -0.3 is 4.42 Å². The number of hydrogen-bond donors (Lipinski definition) is 0. The maximum absolute atomic E-state index is 13.0. The van der Waals surface area contributed by atoms with Crippen LogP contribution in [0.2, 0.25) is 5.02 Å². The van der Waals surface area contributed by atoms with Crippen LogP contribution in [0.4, 0.5) is 13.2 Å². The lowest BCUT2D eigenvalue weighted by atomic mass is 10.3. The Hall–Kier alpha value is -2.36. The standard InChI is InChI=1S/C14H14ClF3N6O/c1-6-9(5-23(4)21-6)13-20-19-12(25-13)8(3)24-7(2)10(15)11(22-24)14(16,17)18/h5,8H,1-4H3. The predicted octanol–water partition coefficient (Wildman–Crippen LogP) is 3.56. The van der Waals surface area contributed by atoms with Gasteiger partial charge in [-0.25, -0.2) is 0 Å². The molecule has 3 heterocycles. The summed E-state index contributed by atoms with van der Waals surface area (Å²) in [7, 11) is 1.75. The summed E-state index contributed by atoms with van der Waals surface area (Å²) in [6.07, 6.45) is -2.92. The summed E-state index contributed by atoms with van der Waals surface area (Å²) in [4.78, 5) is 0. The zero-order valence-electron chi connectivity index (χ0n) is 13.8. The lowest BCUT2D eigenvalue weighted by Crippen LogP contribution is -2.13. The van der Waals surface area contributed by atoms with E-state index in [0.29, 0.717) is 11.3 Å². The summed E-state index contributed by atoms with van der Waals surface area (Å²) in [5, 5.41) is 15.2. The third-order valence-corrected chi connectivity index (χ3v) is 4.21. The highest BCUT2D eigenvalue weighted by Crippen LogP contribution is 2.37. The van der Waals surface area contributed by atoms with Gasteiger partial charge in [0.1, 0.15) is 6.04 Å². The normalized spacial score (nSPS) is 13.4. The first-order valence-corrected chi connectivity index (χ1v) is 7.63. The van der Waals surface area contributed by atoms with E-state index in [1.165, 1.54) is 6.92 Å². The van der Waals surface area contributed by atoms with E-state index in [2.05, 4.69) is 20.4 Å². The van der Waals surface area contributed by atoms with Crippen molar-refractivity contribution in [1.82, 2.24) is 29.8 Å². The molecule has 0 aromatic carbocycles. The minimum Gasteiger partial charge on any atom is -0.418 e. The molecule has 0 aliphatic rings. The van der Waals surface area contributed by atoms with Crippen LogP contribution < -0.4 is 0 Å². The number of rotatable bonds is 3. The fraction of sp³-hybridized carbons (Fsp3) is 0.429. The molecule has 3 aromatic rings. The van der Waals surface area contributed by atoms with E-state index < -0.39 is 22.9 Å². The topological polar surface area (TPSA) is 74.6 Å². The molecule has 0 saturated carbocycles. The average Bonchev–Trinajstić information content (AvgIpc) is 3.18. The van der Waals surface area contributed by atoms with Crippen molar-refractivity contribution in [2.24, 2.45) is 7.05 Å². The van der Waals surface area contributed by atoms with Gasteiger partial charge in [0.15, 0.2) is 5.69 Å². The molecule has 11 heteroatoms. The van der Waals surface area contributed by atoms with Crippen molar-refractivity contribution in [1.29, 1.82) is 0 Å². The molecule has 3 rings (SSSR count). The molecular weight excluding hydrogens is 361 g/mol. The quantitative estimate of drug-likeness (QED) is 0.700. The number of aromatic nitrogens is 6. The van der Waals surface area contributed by atoms with Crippen LogP contribution in [-0.2, 0) is 13.2 Å². The predicted molar refractivity (Wildman–Crippen MR) is 82.0 cm³/mol. The molecule has 0 amide bonds. The van der Waals surface area contributed by atoms with Crippen LogP contribution in [0, 0.1) is 13.8 Å². The summed E-state index contributed by atoms with van der Waals surface area (Å²) < 4.78 is 47.2. The zero-order chi connectivity index (χ0) is 18.5. The Balaban J connectivity index is 1.98. The van der Waals surface area contributed by atoms with E-state index in [0.717, 1.165) is 4.68 Å². The Labute approximate surface area is 145 Å². The lowest BCUT2D eigenvalue weighted by Gasteiger charge is -2.09. The van der Waals surface area contributed by atoms with Gasteiger partial charge in [-0.3, -0.25) is 9.36 Å². The Morgan fingerprint density at radius 2 is 1.88 bits per heavy atom. The minimum atomic E-state index is -4.64. The van der Waals surface area contributed by atoms with Crippen LogP contribution in [0.5, 0.6) is 0 Å². The van der Waals surface area contributed by atoms with Crippen molar-refractivity contribution in [2.75, 3.05) is 0 Å². The maximum Gasteiger partial charge on any atom is 0.436 e. The number of nitrogens with zero attached hydrogens (tertiary/aromatic N) is 6. The van der Waals surface area contributed by atoms with Crippen molar-refractivity contribution in [3.05, 3.63) is 34.2 Å². The summed E-state index contributed by atoms with van der Waals surface area (Å²) in [5.41, 5.74) is 0.378. The summed E-state index contributed by atoms with van der Waals surface area (Å²) >= 11 is 5.77. The Morgan fingerprint density at radius 3 is 2.40 bits per heavy atom. The van der Waals surface area contributed by atoms with Crippen molar-refractivity contribution in [3.63, 3.8) is 0 Å². The van der Waals surface area contributed by atoms with E-state index in [4.69, 9.17) is 16.0 Å². The van der Waals surface area contributed by atoms with Gasteiger partial charge in [-0.2, -0.15) is 23.4 Å². The molecule has 1 atom stereocenters. The Kier molecular flexibility index (Phi) is 4.10. The van der Waals surface area contributed by atoms with E-state index >= 15 is 0 Å². The molecular formula is C14H14ClF3N6O. The van der Waals surface area contributed by atoms with Gasteiger partial charge in [0, 0.05) is 13.2 Å². The highest BCUT2D eigenvalue weighted by molar-refractivity contribution is 6.31. The molecule has 0 bridgehead atoms. The Bertz CT molecular complexity index is 926. The second-order valence-corrected chi connectivity index (χ2v) is 5.99. The van der Waals surface area contributed by atoms with Gasteiger partial charge in [0.05, 0.1) is 22.0 Å². The van der Waals surface area contributed by atoms with E-state index in [1.807, 2.05) is 0 Å². The highest BCUT2D eigenvalue weighted by Gasteiger charge is 2.39. The molecule has 1 unspecified atom stereocenters. The largest absolute Gasteiger partial charge is 0.436 e. The molecule has 0 aliphatic carbocycles. The van der Waals surface area contributed by atoms with Gasteiger partial charge in [-0.1, -0.05) is 11.6 Å². The first-order valence-electron chi connectivity index (χ1n) is 7.25. The molecule has 3 aromatic heterocycles. The fourth-order valence-corrected chi connectivity index (χ4v) is 2.71. The van der Waals surface area contributed by atoms with Crippen molar-refractivity contribution in [2.45, 2.75) is 33.0 Å². The molecule has 134 valence electrons. The summed E-state index contributed by atoms with van der Waals surface area (Å²) in [6.45, 7) is 4.84. The molecule has 0 spiro atoms. The summed E-state index contributed by atoms with van der Waals surface area (Å²) in [5.74, 6) is 0.355. The van der Waals surface area contributed by atoms with E-state index in [1.54, 1.807) is 31.8 Å². The third-order valence-electron chi connectivity index (χ3n) is 3.75. The van der Waals surface area contributed by atoms with Crippen molar-refractivity contribution >= 4 is 11.6 Å². The van der Waals surface area contributed by atoms with Gasteiger partial charge >= 0.3 is 6.18 Å². The molecule has 0 fully saturated rings. The van der Waals surface area contributed by atoms with Crippen LogP contribution in [0.1, 0.15) is 35.9 Å². The smallest absolute Gasteiger partial charge is 0.418 e. The maximum atomic E-state index is 13.0. The first-order chi connectivity index (χ1) is 11.6.